The molecule has 0 atom stereocenters. The van der Waals surface area contributed by atoms with Crippen molar-refractivity contribution in [3.8, 4) is 23.7 Å². The Hall–Kier alpha value is -3.28. The molecule has 2 aromatic carbocycles. The van der Waals surface area contributed by atoms with Gasteiger partial charge in [0.25, 0.3) is 15.9 Å². The molecule has 1 N–H and O–H groups in total. The van der Waals surface area contributed by atoms with Crippen molar-refractivity contribution < 1.29 is 13.2 Å². The third kappa shape index (κ3) is 7.62. The monoisotopic (exact) mass is 419 g/mol. The van der Waals surface area contributed by atoms with Crippen LogP contribution in [0.3, 0.4) is 0 Å². The molecule has 0 spiro atoms. The number of benzene rings is 2. The first-order valence-electron chi connectivity index (χ1n) is 9.82. The molecule has 0 aliphatic carbocycles. The summed E-state index contributed by atoms with van der Waals surface area (Å²) in [6.45, 7) is 3.97. The number of allylic oxidation sites excluding steroid dienone is 1. The van der Waals surface area contributed by atoms with Gasteiger partial charge in [0, 0.05) is 18.1 Å². The first-order valence-corrected chi connectivity index (χ1v) is 11.3. The van der Waals surface area contributed by atoms with E-state index < -0.39 is 15.9 Å². The van der Waals surface area contributed by atoms with Crippen LogP contribution in [0.25, 0.3) is 0 Å². The van der Waals surface area contributed by atoms with Gasteiger partial charge in [-0.25, -0.2) is 13.1 Å². The van der Waals surface area contributed by atoms with Crippen LogP contribution in [0.5, 0.6) is 0 Å². The maximum Gasteiger partial charge on any atom is 0.274 e. The van der Waals surface area contributed by atoms with Crippen molar-refractivity contribution in [1.29, 1.82) is 0 Å². The Morgan fingerprint density at radius 2 is 1.73 bits per heavy atom. The second kappa shape index (κ2) is 11.7. The minimum atomic E-state index is -4.00. The van der Waals surface area contributed by atoms with Crippen molar-refractivity contribution >= 4 is 15.9 Å². The number of aryl methyl sites for hydroxylation is 1. The molecule has 0 aliphatic rings. The van der Waals surface area contributed by atoms with Gasteiger partial charge in [0.15, 0.2) is 0 Å². The predicted octanol–water partition coefficient (Wildman–Crippen LogP) is 4.36. The fourth-order valence-corrected chi connectivity index (χ4v) is 3.40. The first kappa shape index (κ1) is 23.0. The normalized spacial score (nSPS) is 10.9. The average Bonchev–Trinajstić information content (AvgIpc) is 2.73. The number of rotatable bonds is 6. The van der Waals surface area contributed by atoms with E-state index in [1.54, 1.807) is 12.1 Å². The summed E-state index contributed by atoms with van der Waals surface area (Å²) in [7, 11) is -4.00. The summed E-state index contributed by atoms with van der Waals surface area (Å²) in [6.07, 6.45) is 5.27. The van der Waals surface area contributed by atoms with Gasteiger partial charge in [-0.05, 0) is 37.6 Å². The number of hydrogen-bond donors (Lipinski definition) is 1. The Labute approximate surface area is 179 Å². The van der Waals surface area contributed by atoms with Crippen LogP contribution in [0.15, 0.2) is 71.1 Å². The summed E-state index contributed by atoms with van der Waals surface area (Å²) >= 11 is 0. The third-order valence-corrected chi connectivity index (χ3v) is 5.49. The SMILES string of the molecule is CCCCCC#C/C=C(\C#Cc1ccccc1)C(=O)NS(=O)(=O)c1ccc(C)cc1. The smallest absolute Gasteiger partial charge is 0.267 e. The highest BCUT2D eigenvalue weighted by Gasteiger charge is 2.19. The van der Waals surface area contributed by atoms with Crippen molar-refractivity contribution in [1.82, 2.24) is 4.72 Å². The molecule has 0 saturated heterocycles. The Bertz CT molecular complexity index is 1110. The van der Waals surface area contributed by atoms with Gasteiger partial charge in [-0.3, -0.25) is 4.79 Å². The molecule has 1 amide bonds. The number of nitrogens with one attached hydrogen (secondary N) is 1. The topological polar surface area (TPSA) is 63.2 Å². The Morgan fingerprint density at radius 3 is 2.40 bits per heavy atom. The molecule has 0 saturated carbocycles. The lowest BCUT2D eigenvalue weighted by Crippen LogP contribution is -2.31. The van der Waals surface area contributed by atoms with Crippen LogP contribution in [0.2, 0.25) is 0 Å². The van der Waals surface area contributed by atoms with E-state index in [0.717, 1.165) is 24.8 Å². The molecule has 0 radical (unpaired) electrons. The number of unbranched alkanes of at least 4 members (excludes halogenated alkanes) is 3. The van der Waals surface area contributed by atoms with Crippen molar-refractivity contribution in [2.45, 2.75) is 44.4 Å². The first-order chi connectivity index (χ1) is 14.4. The van der Waals surface area contributed by atoms with Gasteiger partial charge in [-0.1, -0.05) is 79.3 Å². The molecule has 2 rings (SSSR count). The van der Waals surface area contributed by atoms with Gasteiger partial charge in [0.05, 0.1) is 10.5 Å². The summed E-state index contributed by atoms with van der Waals surface area (Å²) < 4.78 is 27.2. The molecule has 2 aromatic rings. The van der Waals surface area contributed by atoms with Crippen LogP contribution in [0.1, 0.15) is 43.7 Å². The maximum absolute atomic E-state index is 12.7. The van der Waals surface area contributed by atoms with E-state index in [0.29, 0.717) is 12.0 Å². The van der Waals surface area contributed by atoms with Gasteiger partial charge in [0.1, 0.15) is 0 Å². The van der Waals surface area contributed by atoms with Crippen LogP contribution in [-0.2, 0) is 14.8 Å². The van der Waals surface area contributed by atoms with E-state index in [1.165, 1.54) is 18.2 Å². The highest BCUT2D eigenvalue weighted by atomic mass is 32.2. The van der Waals surface area contributed by atoms with Crippen LogP contribution < -0.4 is 4.72 Å². The van der Waals surface area contributed by atoms with Crippen LogP contribution in [0, 0.1) is 30.6 Å². The summed E-state index contributed by atoms with van der Waals surface area (Å²) in [4.78, 5) is 12.7. The van der Waals surface area contributed by atoms with Crippen LogP contribution in [0.4, 0.5) is 0 Å². The molecular formula is C25H25NO3S. The van der Waals surface area contributed by atoms with Crippen LogP contribution >= 0.6 is 0 Å². The summed E-state index contributed by atoms with van der Waals surface area (Å²) in [5.41, 5.74) is 1.64. The van der Waals surface area contributed by atoms with Crippen molar-refractivity contribution in [2.24, 2.45) is 0 Å². The lowest BCUT2D eigenvalue weighted by atomic mass is 10.2. The average molecular weight is 420 g/mol. The van der Waals surface area contributed by atoms with Gasteiger partial charge in [-0.2, -0.15) is 0 Å². The minimum absolute atomic E-state index is 0.00229. The molecule has 0 aliphatic heterocycles. The minimum Gasteiger partial charge on any atom is -0.267 e. The van der Waals surface area contributed by atoms with E-state index in [1.807, 2.05) is 37.3 Å². The number of carbonyl (C=O) groups is 1. The Kier molecular flexibility index (Phi) is 8.94. The van der Waals surface area contributed by atoms with E-state index in [2.05, 4.69) is 35.3 Å². The molecule has 0 heterocycles. The molecule has 5 heteroatoms. The lowest BCUT2D eigenvalue weighted by Gasteiger charge is -2.06. The van der Waals surface area contributed by atoms with E-state index in [4.69, 9.17) is 0 Å². The van der Waals surface area contributed by atoms with Crippen molar-refractivity contribution in [3.63, 3.8) is 0 Å². The van der Waals surface area contributed by atoms with Crippen molar-refractivity contribution in [3.05, 3.63) is 77.4 Å². The summed E-state index contributed by atoms with van der Waals surface area (Å²) in [5, 5.41) is 0. The Balaban J connectivity index is 2.25. The largest absolute Gasteiger partial charge is 0.274 e. The quantitative estimate of drug-likeness (QED) is 0.430. The highest BCUT2D eigenvalue weighted by molar-refractivity contribution is 7.90. The van der Waals surface area contributed by atoms with E-state index in [-0.39, 0.29) is 10.5 Å². The molecule has 0 fully saturated rings. The molecule has 30 heavy (non-hydrogen) atoms. The maximum atomic E-state index is 12.7. The highest BCUT2D eigenvalue weighted by Crippen LogP contribution is 2.10. The zero-order valence-corrected chi connectivity index (χ0v) is 18.1. The molecule has 4 nitrogen and oxygen atoms in total. The summed E-state index contributed by atoms with van der Waals surface area (Å²) in [5.74, 6) is 10.6. The molecular weight excluding hydrogens is 394 g/mol. The van der Waals surface area contributed by atoms with Crippen molar-refractivity contribution in [2.75, 3.05) is 0 Å². The predicted molar refractivity (Wildman–Crippen MR) is 120 cm³/mol. The fraction of sp³-hybridized carbons (Fsp3) is 0.240. The lowest BCUT2D eigenvalue weighted by molar-refractivity contribution is -0.115. The van der Waals surface area contributed by atoms with Gasteiger partial charge in [-0.15, -0.1) is 0 Å². The third-order valence-electron chi connectivity index (χ3n) is 4.14. The Morgan fingerprint density at radius 1 is 1.03 bits per heavy atom. The number of carbonyl (C=O) groups excluding carboxylic acids is 1. The fourth-order valence-electron chi connectivity index (χ4n) is 2.43. The number of hydrogen-bond acceptors (Lipinski definition) is 3. The second-order valence-corrected chi connectivity index (χ2v) is 8.38. The summed E-state index contributed by atoms with van der Waals surface area (Å²) in [6, 6.07) is 15.4. The van der Waals surface area contributed by atoms with Gasteiger partial charge < -0.3 is 0 Å². The number of sulfonamides is 1. The van der Waals surface area contributed by atoms with E-state index in [9.17, 15) is 13.2 Å². The zero-order valence-electron chi connectivity index (χ0n) is 17.2. The molecule has 0 unspecified atom stereocenters. The van der Waals surface area contributed by atoms with Crippen LogP contribution in [-0.4, -0.2) is 14.3 Å². The molecule has 0 bridgehead atoms. The molecule has 154 valence electrons. The van der Waals surface area contributed by atoms with Gasteiger partial charge in [0.2, 0.25) is 0 Å². The van der Waals surface area contributed by atoms with E-state index >= 15 is 0 Å². The molecule has 0 aromatic heterocycles. The van der Waals surface area contributed by atoms with Gasteiger partial charge >= 0.3 is 0 Å². The second-order valence-electron chi connectivity index (χ2n) is 6.70. The standard InChI is InChI=1S/C25H25NO3S/c1-3-4-5-6-7-11-14-23(18-17-22-12-9-8-10-13-22)25(27)26-30(28,29)24-19-15-21(2)16-20-24/h8-10,12-16,19-20H,3-6H2,1-2H3,(H,26,27)/b23-14+. The number of amides is 1. The zero-order chi connectivity index (χ0) is 21.8.